The molecule has 1 heterocycles. The number of rotatable bonds is 1. The van der Waals surface area contributed by atoms with Crippen LogP contribution in [0.4, 0.5) is 0 Å². The summed E-state index contributed by atoms with van der Waals surface area (Å²) < 4.78 is 0. The second kappa shape index (κ2) is 4.96. The largest absolute Gasteiger partial charge is 0.334 e. The van der Waals surface area contributed by atoms with Crippen LogP contribution in [0.2, 0.25) is 0 Å². The molecule has 1 amide bonds. The van der Waals surface area contributed by atoms with Gasteiger partial charge >= 0.3 is 0 Å². The molecule has 2 nitrogen and oxygen atoms in total. The molecule has 1 radical (unpaired) electrons. The number of carbonyl (C=O) groups excluding carboxylic acids is 1. The van der Waals surface area contributed by atoms with Gasteiger partial charge in [0.05, 0.1) is 6.54 Å². The SMILES string of the molecule is O=C(c1ccccc1)N1[CH]CCCCC1. The van der Waals surface area contributed by atoms with Crippen molar-refractivity contribution in [2.24, 2.45) is 0 Å². The van der Waals surface area contributed by atoms with Crippen LogP contribution in [-0.4, -0.2) is 17.4 Å². The van der Waals surface area contributed by atoms with E-state index in [0.29, 0.717) is 0 Å². The summed E-state index contributed by atoms with van der Waals surface area (Å²) in [5.41, 5.74) is 0.788. The molecule has 2 heteroatoms. The summed E-state index contributed by atoms with van der Waals surface area (Å²) in [6.07, 6.45) is 4.58. The maximum absolute atomic E-state index is 12.0. The van der Waals surface area contributed by atoms with Gasteiger partial charge in [0, 0.05) is 12.1 Å². The van der Waals surface area contributed by atoms with E-state index in [1.54, 1.807) is 0 Å². The first kappa shape index (κ1) is 10.2. The highest BCUT2D eigenvalue weighted by Gasteiger charge is 2.16. The minimum absolute atomic E-state index is 0.137. The Bertz CT molecular complexity index is 313. The summed E-state index contributed by atoms with van der Waals surface area (Å²) in [5, 5.41) is 0. The molecule has 0 atom stereocenters. The lowest BCUT2D eigenvalue weighted by Gasteiger charge is -2.19. The molecular weight excluding hydrogens is 186 g/mol. The average molecular weight is 202 g/mol. The van der Waals surface area contributed by atoms with Gasteiger partial charge in [-0.1, -0.05) is 31.0 Å². The second-order valence-electron chi connectivity index (χ2n) is 3.90. The summed E-state index contributed by atoms with van der Waals surface area (Å²) >= 11 is 0. The molecule has 1 aromatic carbocycles. The monoisotopic (exact) mass is 202 g/mol. The molecule has 0 N–H and O–H groups in total. The molecular formula is C13H16NO. The van der Waals surface area contributed by atoms with Crippen molar-refractivity contribution in [3.05, 3.63) is 42.4 Å². The molecule has 1 aliphatic heterocycles. The van der Waals surface area contributed by atoms with Gasteiger partial charge in [0.15, 0.2) is 0 Å². The fourth-order valence-electron chi connectivity index (χ4n) is 1.87. The molecule has 1 saturated heterocycles. The van der Waals surface area contributed by atoms with Gasteiger partial charge in [-0.25, -0.2) is 0 Å². The smallest absolute Gasteiger partial charge is 0.254 e. The second-order valence-corrected chi connectivity index (χ2v) is 3.90. The molecule has 2 rings (SSSR count). The van der Waals surface area contributed by atoms with Crippen LogP contribution in [0.25, 0.3) is 0 Å². The maximum atomic E-state index is 12.0. The van der Waals surface area contributed by atoms with E-state index < -0.39 is 0 Å². The molecule has 1 fully saturated rings. The Morgan fingerprint density at radius 2 is 1.87 bits per heavy atom. The zero-order chi connectivity index (χ0) is 10.5. The third-order valence-electron chi connectivity index (χ3n) is 2.73. The summed E-state index contributed by atoms with van der Waals surface area (Å²) in [7, 11) is 0. The van der Waals surface area contributed by atoms with Gasteiger partial charge in [0.1, 0.15) is 0 Å². The van der Waals surface area contributed by atoms with Crippen molar-refractivity contribution in [2.45, 2.75) is 25.7 Å². The first-order valence-corrected chi connectivity index (χ1v) is 5.57. The van der Waals surface area contributed by atoms with E-state index in [4.69, 9.17) is 0 Å². The number of carbonyl (C=O) groups is 1. The number of amides is 1. The van der Waals surface area contributed by atoms with E-state index in [0.717, 1.165) is 24.9 Å². The van der Waals surface area contributed by atoms with E-state index in [1.165, 1.54) is 12.8 Å². The normalized spacial score (nSPS) is 17.2. The van der Waals surface area contributed by atoms with Gasteiger partial charge in [-0.15, -0.1) is 0 Å². The highest BCUT2D eigenvalue weighted by Crippen LogP contribution is 2.15. The predicted molar refractivity (Wildman–Crippen MR) is 60.2 cm³/mol. The van der Waals surface area contributed by atoms with Crippen LogP contribution in [0.3, 0.4) is 0 Å². The minimum Gasteiger partial charge on any atom is -0.334 e. The van der Waals surface area contributed by atoms with Gasteiger partial charge in [0.25, 0.3) is 5.91 Å². The number of benzene rings is 1. The first-order valence-electron chi connectivity index (χ1n) is 5.57. The average Bonchev–Trinajstić information content (AvgIpc) is 2.58. The number of hydrogen-bond donors (Lipinski definition) is 0. The van der Waals surface area contributed by atoms with Crippen LogP contribution >= 0.6 is 0 Å². The van der Waals surface area contributed by atoms with Crippen molar-refractivity contribution in [3.63, 3.8) is 0 Å². The highest BCUT2D eigenvalue weighted by atomic mass is 16.2. The molecule has 0 bridgehead atoms. The molecule has 1 aromatic rings. The zero-order valence-electron chi connectivity index (χ0n) is 8.86. The molecule has 0 aromatic heterocycles. The first-order chi connectivity index (χ1) is 7.38. The summed E-state index contributed by atoms with van der Waals surface area (Å²) in [5.74, 6) is 0.137. The predicted octanol–water partition coefficient (Wildman–Crippen LogP) is 2.86. The molecule has 0 aliphatic carbocycles. The molecule has 0 unspecified atom stereocenters. The quantitative estimate of drug-likeness (QED) is 0.685. The van der Waals surface area contributed by atoms with Crippen molar-refractivity contribution in [1.82, 2.24) is 4.90 Å². The Morgan fingerprint density at radius 3 is 2.67 bits per heavy atom. The van der Waals surface area contributed by atoms with Gasteiger partial charge in [-0.05, 0) is 25.0 Å². The Labute approximate surface area is 90.9 Å². The van der Waals surface area contributed by atoms with Gasteiger partial charge in [-0.3, -0.25) is 4.79 Å². The van der Waals surface area contributed by atoms with Crippen LogP contribution in [-0.2, 0) is 0 Å². The fraction of sp³-hybridized carbons (Fsp3) is 0.385. The van der Waals surface area contributed by atoms with Crippen molar-refractivity contribution in [1.29, 1.82) is 0 Å². The number of hydrogen-bond acceptors (Lipinski definition) is 1. The Hall–Kier alpha value is -1.31. The van der Waals surface area contributed by atoms with Crippen LogP contribution in [0.15, 0.2) is 30.3 Å². The van der Waals surface area contributed by atoms with Crippen molar-refractivity contribution >= 4 is 5.91 Å². The molecule has 79 valence electrons. The topological polar surface area (TPSA) is 20.3 Å². The minimum atomic E-state index is 0.137. The van der Waals surface area contributed by atoms with Crippen molar-refractivity contribution in [3.8, 4) is 0 Å². The van der Waals surface area contributed by atoms with Crippen LogP contribution in [0, 0.1) is 6.54 Å². The third-order valence-corrected chi connectivity index (χ3v) is 2.73. The molecule has 1 aliphatic rings. The molecule has 0 saturated carbocycles. The maximum Gasteiger partial charge on any atom is 0.254 e. The van der Waals surface area contributed by atoms with Crippen LogP contribution in [0.5, 0.6) is 0 Å². The number of likely N-dealkylation sites (tertiary alicyclic amines) is 1. The number of nitrogens with zero attached hydrogens (tertiary/aromatic N) is 1. The standard InChI is InChI=1S/C13H16NO/c15-13(12-8-4-3-5-9-12)14-10-6-1-2-7-11-14/h3-5,8-10H,1-2,6-7,11H2. The highest BCUT2D eigenvalue weighted by molar-refractivity contribution is 5.94. The van der Waals surface area contributed by atoms with Gasteiger partial charge < -0.3 is 4.90 Å². The van der Waals surface area contributed by atoms with Crippen LogP contribution in [0.1, 0.15) is 36.0 Å². The van der Waals surface area contributed by atoms with E-state index >= 15 is 0 Å². The lowest BCUT2D eigenvalue weighted by Crippen LogP contribution is -2.28. The third kappa shape index (κ3) is 2.58. The molecule has 0 spiro atoms. The fourth-order valence-corrected chi connectivity index (χ4v) is 1.87. The molecule has 15 heavy (non-hydrogen) atoms. The summed E-state index contributed by atoms with van der Waals surface area (Å²) in [6, 6.07) is 9.50. The van der Waals surface area contributed by atoms with E-state index in [-0.39, 0.29) is 5.91 Å². The van der Waals surface area contributed by atoms with Gasteiger partial charge in [-0.2, -0.15) is 0 Å². The van der Waals surface area contributed by atoms with E-state index in [2.05, 4.69) is 0 Å². The van der Waals surface area contributed by atoms with Crippen molar-refractivity contribution < 1.29 is 4.79 Å². The lowest BCUT2D eigenvalue weighted by atomic mass is 10.2. The van der Waals surface area contributed by atoms with E-state index in [1.807, 2.05) is 41.8 Å². The Kier molecular flexibility index (Phi) is 3.38. The van der Waals surface area contributed by atoms with Crippen LogP contribution < -0.4 is 0 Å². The lowest BCUT2D eigenvalue weighted by molar-refractivity contribution is 0.0799. The van der Waals surface area contributed by atoms with E-state index in [9.17, 15) is 4.79 Å². The van der Waals surface area contributed by atoms with Crippen molar-refractivity contribution in [2.75, 3.05) is 6.54 Å². The zero-order valence-corrected chi connectivity index (χ0v) is 8.86. The Balaban J connectivity index is 2.06. The van der Waals surface area contributed by atoms with Gasteiger partial charge in [0.2, 0.25) is 0 Å². The summed E-state index contributed by atoms with van der Waals surface area (Å²) in [6.45, 7) is 2.91. The summed E-state index contributed by atoms with van der Waals surface area (Å²) in [4.78, 5) is 13.9. The Morgan fingerprint density at radius 1 is 1.07 bits per heavy atom.